The number of rotatable bonds is 14. The fraction of sp³-hybridized carbons (Fsp3) is 0.800. The third-order valence-electron chi connectivity index (χ3n) is 4.30. The van der Waals surface area contributed by atoms with E-state index < -0.39 is 11.9 Å². The monoisotopic (exact) mass is 395 g/mol. The van der Waals surface area contributed by atoms with Crippen LogP contribution >= 0.6 is 0 Å². The Morgan fingerprint density at radius 2 is 0.885 bits per heavy atom. The van der Waals surface area contributed by atoms with E-state index in [1.165, 1.54) is 82.0 Å². The van der Waals surface area contributed by atoms with Crippen molar-refractivity contribution in [3.8, 4) is 0 Å². The predicted octanol–water partition coefficient (Wildman–Crippen LogP) is -0.950. The van der Waals surface area contributed by atoms with Gasteiger partial charge in [-0.2, -0.15) is 0 Å². The van der Waals surface area contributed by atoms with Crippen molar-refractivity contribution in [2.75, 3.05) is 26.2 Å². The molecule has 0 amide bonds. The Balaban J connectivity index is -0.000000498. The van der Waals surface area contributed by atoms with Crippen LogP contribution in [0.1, 0.15) is 79.1 Å². The van der Waals surface area contributed by atoms with Gasteiger partial charge in [0.1, 0.15) is 0 Å². The first-order valence-corrected chi connectivity index (χ1v) is 9.82. The van der Waals surface area contributed by atoms with Crippen molar-refractivity contribution in [2.45, 2.75) is 79.1 Å². The quantitative estimate of drug-likeness (QED) is 0.216. The minimum Gasteiger partial charge on any atom is -0.545 e. The van der Waals surface area contributed by atoms with Crippen LogP contribution in [0.4, 0.5) is 0 Å². The Morgan fingerprint density at radius 3 is 1.04 bits per heavy atom. The van der Waals surface area contributed by atoms with E-state index in [1.807, 2.05) is 0 Å². The molecule has 0 aromatic rings. The maximum absolute atomic E-state index is 9.41. The van der Waals surface area contributed by atoms with Gasteiger partial charge in [-0.15, -0.1) is 0 Å². The molecular formula is C20H38KNO4. The van der Waals surface area contributed by atoms with Crippen LogP contribution in [0.3, 0.4) is 0 Å². The number of unbranched alkanes of at least 4 members (excludes halogenated alkanes) is 4. The second-order valence-electron chi connectivity index (χ2n) is 6.62. The molecule has 0 rings (SSSR count). The van der Waals surface area contributed by atoms with E-state index in [0.29, 0.717) is 12.2 Å². The minimum absolute atomic E-state index is 0. The van der Waals surface area contributed by atoms with E-state index in [1.54, 1.807) is 0 Å². The van der Waals surface area contributed by atoms with Crippen LogP contribution in [0.5, 0.6) is 0 Å². The summed E-state index contributed by atoms with van der Waals surface area (Å²) in [6.45, 7) is 15.0. The summed E-state index contributed by atoms with van der Waals surface area (Å²) in [4.78, 5) is 18.8. The summed E-state index contributed by atoms with van der Waals surface area (Å²) in [7, 11) is 0. The molecule has 0 aromatic carbocycles. The SMILES string of the molecule is CCCC[N+](CCCC)(CCCC)CCCC.O=C([O-])/C=C/C(=O)[O-].[K+]. The van der Waals surface area contributed by atoms with Gasteiger partial charge in [0.2, 0.25) is 0 Å². The van der Waals surface area contributed by atoms with Gasteiger partial charge in [-0.3, -0.25) is 0 Å². The van der Waals surface area contributed by atoms with Crippen LogP contribution in [0.2, 0.25) is 0 Å². The number of carbonyl (C=O) groups excluding carboxylic acids is 2. The van der Waals surface area contributed by atoms with Crippen molar-refractivity contribution in [3.05, 3.63) is 12.2 Å². The molecule has 0 saturated heterocycles. The van der Waals surface area contributed by atoms with Crippen molar-refractivity contribution in [1.82, 2.24) is 0 Å². The number of hydrogen-bond donors (Lipinski definition) is 0. The molecule has 0 aliphatic rings. The number of carboxylic acids is 2. The molecule has 6 heteroatoms. The van der Waals surface area contributed by atoms with Gasteiger partial charge in [-0.25, -0.2) is 0 Å². The average molecular weight is 396 g/mol. The number of hydrogen-bond acceptors (Lipinski definition) is 4. The molecule has 0 aliphatic carbocycles. The minimum atomic E-state index is -1.55. The third-order valence-corrected chi connectivity index (χ3v) is 4.30. The van der Waals surface area contributed by atoms with Gasteiger partial charge in [0.05, 0.1) is 38.1 Å². The van der Waals surface area contributed by atoms with Gasteiger partial charge >= 0.3 is 51.4 Å². The smallest absolute Gasteiger partial charge is 0.545 e. The molecule has 0 unspecified atom stereocenters. The predicted molar refractivity (Wildman–Crippen MR) is 98.5 cm³/mol. The van der Waals surface area contributed by atoms with Crippen LogP contribution in [0, 0.1) is 0 Å². The number of quaternary nitrogens is 1. The summed E-state index contributed by atoms with van der Waals surface area (Å²) >= 11 is 0. The molecule has 26 heavy (non-hydrogen) atoms. The van der Waals surface area contributed by atoms with E-state index >= 15 is 0 Å². The summed E-state index contributed by atoms with van der Waals surface area (Å²) in [5, 5.41) is 18.8. The number of carbonyl (C=O) groups is 2. The Labute approximate surface area is 203 Å². The summed E-state index contributed by atoms with van der Waals surface area (Å²) in [5.41, 5.74) is 0. The van der Waals surface area contributed by atoms with Crippen molar-refractivity contribution in [3.63, 3.8) is 0 Å². The molecular weight excluding hydrogens is 357 g/mol. The van der Waals surface area contributed by atoms with E-state index in [4.69, 9.17) is 0 Å². The molecule has 0 bridgehead atoms. The maximum atomic E-state index is 9.41. The van der Waals surface area contributed by atoms with E-state index in [-0.39, 0.29) is 51.4 Å². The van der Waals surface area contributed by atoms with Crippen molar-refractivity contribution in [1.29, 1.82) is 0 Å². The molecule has 0 N–H and O–H groups in total. The molecule has 0 heterocycles. The second-order valence-corrected chi connectivity index (χ2v) is 6.62. The van der Waals surface area contributed by atoms with Crippen molar-refractivity contribution in [2.24, 2.45) is 0 Å². The van der Waals surface area contributed by atoms with Gasteiger partial charge < -0.3 is 24.3 Å². The molecule has 0 saturated carbocycles. The number of aliphatic carboxylic acids is 2. The van der Waals surface area contributed by atoms with Crippen LogP contribution in [-0.2, 0) is 9.59 Å². The van der Waals surface area contributed by atoms with Crippen molar-refractivity contribution < 1.29 is 75.7 Å². The fourth-order valence-corrected chi connectivity index (χ4v) is 2.78. The van der Waals surface area contributed by atoms with Crippen LogP contribution in [-0.4, -0.2) is 42.6 Å². The Bertz CT molecular complexity index is 319. The Hall–Kier alpha value is 0.276. The number of nitrogens with zero attached hydrogens (tertiary/aromatic N) is 1. The van der Waals surface area contributed by atoms with E-state index in [9.17, 15) is 19.8 Å². The first-order valence-electron chi connectivity index (χ1n) is 9.82. The van der Waals surface area contributed by atoms with Gasteiger partial charge in [-0.1, -0.05) is 53.4 Å². The summed E-state index contributed by atoms with van der Waals surface area (Å²) < 4.78 is 1.42. The zero-order valence-electron chi connectivity index (χ0n) is 17.7. The molecule has 5 nitrogen and oxygen atoms in total. The van der Waals surface area contributed by atoms with Crippen LogP contribution in [0.25, 0.3) is 0 Å². The van der Waals surface area contributed by atoms with Crippen LogP contribution in [0.15, 0.2) is 12.2 Å². The first kappa shape index (κ1) is 31.0. The first-order chi connectivity index (χ1) is 11.9. The molecule has 0 spiro atoms. The topological polar surface area (TPSA) is 80.3 Å². The maximum Gasteiger partial charge on any atom is 1.00 e. The zero-order chi connectivity index (χ0) is 19.6. The molecule has 148 valence electrons. The average Bonchev–Trinajstić information content (AvgIpc) is 2.59. The standard InChI is InChI=1S/C16H36N.C4H4O4.K/c1-5-9-13-17(14-10-6-2,15-11-7-3)16-12-8-4;5-3(6)1-2-4(7)8;/h5-16H2,1-4H3;1-2H,(H,5,6)(H,7,8);/q+1;;+1/p-2/b;2-1+;. The summed E-state index contributed by atoms with van der Waals surface area (Å²) in [6.07, 6.45) is 11.8. The fourth-order valence-electron chi connectivity index (χ4n) is 2.78. The molecule has 0 fully saturated rings. The van der Waals surface area contributed by atoms with Gasteiger partial charge in [-0.05, 0) is 37.8 Å². The van der Waals surface area contributed by atoms with Crippen LogP contribution < -0.4 is 61.6 Å². The van der Waals surface area contributed by atoms with Gasteiger partial charge in [0.15, 0.2) is 0 Å². The summed E-state index contributed by atoms with van der Waals surface area (Å²) in [6, 6.07) is 0. The molecule has 0 radical (unpaired) electrons. The van der Waals surface area contributed by atoms with Gasteiger partial charge in [0.25, 0.3) is 0 Å². The zero-order valence-corrected chi connectivity index (χ0v) is 20.8. The molecule has 0 atom stereocenters. The Morgan fingerprint density at radius 1 is 0.654 bits per heavy atom. The van der Waals surface area contributed by atoms with E-state index in [2.05, 4.69) is 27.7 Å². The summed E-state index contributed by atoms with van der Waals surface area (Å²) in [5.74, 6) is -3.09. The third kappa shape index (κ3) is 20.6. The van der Waals surface area contributed by atoms with E-state index in [0.717, 1.165) is 0 Å². The number of carboxylic acid groups (broad SMARTS) is 2. The molecule has 0 aromatic heterocycles. The van der Waals surface area contributed by atoms with Crippen molar-refractivity contribution >= 4 is 11.9 Å². The molecule has 0 aliphatic heterocycles. The normalized spacial score (nSPS) is 10.8. The Kier molecular flexibility index (Phi) is 25.7. The second kappa shape index (κ2) is 21.6. The largest absolute Gasteiger partial charge is 1.00 e. The van der Waals surface area contributed by atoms with Gasteiger partial charge in [0, 0.05) is 0 Å².